The number of hydrazine groups is 1. The van der Waals surface area contributed by atoms with Gasteiger partial charge in [0, 0.05) is 11.1 Å². The summed E-state index contributed by atoms with van der Waals surface area (Å²) in [7, 11) is 0. The molecule has 2 saturated heterocycles. The van der Waals surface area contributed by atoms with Crippen LogP contribution in [0.15, 0.2) is 45.7 Å². The van der Waals surface area contributed by atoms with Crippen molar-refractivity contribution in [1.29, 1.82) is 0 Å². The molecular formula is C18H16ClN3O3S. The Bertz CT molecular complexity index is 911. The lowest BCUT2D eigenvalue weighted by Gasteiger charge is -2.35. The summed E-state index contributed by atoms with van der Waals surface area (Å²) in [4.78, 5) is 25.6. The number of fused-ring (bicyclic) bond motifs is 1. The maximum atomic E-state index is 12.7. The summed E-state index contributed by atoms with van der Waals surface area (Å²) in [6, 6.07) is 10.4. The quantitative estimate of drug-likeness (QED) is 0.789. The molecular weight excluding hydrogens is 374 g/mol. The predicted molar refractivity (Wildman–Crippen MR) is 99.9 cm³/mol. The molecule has 2 atom stereocenters. The highest BCUT2D eigenvalue weighted by Crippen LogP contribution is 2.35. The van der Waals surface area contributed by atoms with Crippen molar-refractivity contribution in [3.8, 4) is 0 Å². The van der Waals surface area contributed by atoms with E-state index in [2.05, 4.69) is 10.7 Å². The van der Waals surface area contributed by atoms with Crippen LogP contribution in [-0.2, 0) is 16.0 Å². The van der Waals surface area contributed by atoms with Gasteiger partial charge >= 0.3 is 0 Å². The van der Waals surface area contributed by atoms with E-state index < -0.39 is 11.5 Å². The first-order valence-electron chi connectivity index (χ1n) is 8.09. The molecule has 2 aliphatic heterocycles. The van der Waals surface area contributed by atoms with Crippen LogP contribution in [0.3, 0.4) is 0 Å². The molecule has 1 aromatic heterocycles. The first-order valence-corrected chi connectivity index (χ1v) is 9.35. The summed E-state index contributed by atoms with van der Waals surface area (Å²) in [5.41, 5.74) is 3.41. The molecule has 2 aromatic rings. The minimum Gasteiger partial charge on any atom is -0.462 e. The van der Waals surface area contributed by atoms with Crippen molar-refractivity contribution in [2.24, 2.45) is 0 Å². The fraction of sp³-hybridized carbons (Fsp3) is 0.222. The molecule has 6 nitrogen and oxygen atoms in total. The van der Waals surface area contributed by atoms with Crippen molar-refractivity contribution >= 4 is 41.3 Å². The summed E-state index contributed by atoms with van der Waals surface area (Å²) in [6.45, 7) is 1.84. The summed E-state index contributed by atoms with van der Waals surface area (Å²) < 4.78 is 5.50. The molecule has 0 saturated carbocycles. The van der Waals surface area contributed by atoms with Gasteiger partial charge in [0.15, 0.2) is 5.50 Å². The zero-order valence-corrected chi connectivity index (χ0v) is 15.4. The van der Waals surface area contributed by atoms with E-state index in [4.69, 9.17) is 16.0 Å². The Kier molecular flexibility index (Phi) is 4.52. The molecule has 4 rings (SSSR count). The van der Waals surface area contributed by atoms with Crippen LogP contribution in [0.4, 0.5) is 0 Å². The van der Waals surface area contributed by atoms with Crippen LogP contribution < -0.4 is 10.7 Å². The highest BCUT2D eigenvalue weighted by molar-refractivity contribution is 8.05. The summed E-state index contributed by atoms with van der Waals surface area (Å²) in [5.74, 6) is 1.02. The summed E-state index contributed by atoms with van der Waals surface area (Å²) >= 11 is 7.46. The van der Waals surface area contributed by atoms with E-state index in [1.54, 1.807) is 18.2 Å². The number of benzene rings is 1. The Morgan fingerprint density at radius 2 is 2.08 bits per heavy atom. The maximum absolute atomic E-state index is 12.7. The van der Waals surface area contributed by atoms with E-state index in [1.165, 1.54) is 16.8 Å². The van der Waals surface area contributed by atoms with Crippen LogP contribution >= 0.6 is 23.4 Å². The van der Waals surface area contributed by atoms with Crippen LogP contribution in [0.5, 0.6) is 0 Å². The third-order valence-electron chi connectivity index (χ3n) is 4.20. The molecule has 2 fully saturated rings. The van der Waals surface area contributed by atoms with Gasteiger partial charge in [-0.3, -0.25) is 9.59 Å². The van der Waals surface area contributed by atoms with E-state index in [0.29, 0.717) is 22.1 Å². The standard InChI is InChI=1S/C18H16ClN3O3S/c1-10-6-7-12(25-10)9-15-17(24)22-18(26-15)20-16(23)14(21-22)8-11-4-2-3-5-13(11)19/h2-7,9,14,18,21H,8H2,1H3,(H,20,23)/b15-9-. The molecule has 2 aliphatic rings. The van der Waals surface area contributed by atoms with E-state index in [1.807, 2.05) is 31.2 Å². The number of nitrogens with zero attached hydrogens (tertiary/aromatic N) is 1. The molecule has 2 unspecified atom stereocenters. The van der Waals surface area contributed by atoms with Gasteiger partial charge in [0.05, 0.1) is 4.91 Å². The molecule has 0 radical (unpaired) electrons. The van der Waals surface area contributed by atoms with Gasteiger partial charge in [0.2, 0.25) is 5.91 Å². The minimum atomic E-state index is -0.569. The Morgan fingerprint density at radius 3 is 2.81 bits per heavy atom. The number of furan rings is 1. The number of thioether (sulfide) groups is 1. The molecule has 0 bridgehead atoms. The van der Waals surface area contributed by atoms with Gasteiger partial charge < -0.3 is 9.73 Å². The normalized spacial score (nSPS) is 24.1. The molecule has 26 heavy (non-hydrogen) atoms. The number of rotatable bonds is 3. The number of hydrogen-bond acceptors (Lipinski definition) is 5. The number of halogens is 1. The highest BCUT2D eigenvalue weighted by atomic mass is 35.5. The molecule has 1 aromatic carbocycles. The average Bonchev–Trinajstić information content (AvgIpc) is 3.14. The van der Waals surface area contributed by atoms with Gasteiger partial charge in [-0.05, 0) is 37.1 Å². The van der Waals surface area contributed by atoms with Gasteiger partial charge in [-0.15, -0.1) is 0 Å². The Morgan fingerprint density at radius 1 is 1.27 bits per heavy atom. The SMILES string of the molecule is Cc1ccc(/C=C2\SC3NC(=O)C(Cc4ccccc4Cl)NN3C2=O)o1. The highest BCUT2D eigenvalue weighted by Gasteiger charge is 2.43. The second-order valence-electron chi connectivity index (χ2n) is 6.09. The van der Waals surface area contributed by atoms with Crippen molar-refractivity contribution in [2.45, 2.75) is 24.9 Å². The lowest BCUT2D eigenvalue weighted by atomic mass is 10.1. The van der Waals surface area contributed by atoms with Crippen molar-refractivity contribution in [3.63, 3.8) is 0 Å². The molecule has 134 valence electrons. The van der Waals surface area contributed by atoms with Gasteiger partial charge in [0.25, 0.3) is 5.91 Å². The number of amides is 2. The number of nitrogens with one attached hydrogen (secondary N) is 2. The molecule has 3 heterocycles. The fourth-order valence-corrected chi connectivity index (χ4v) is 4.17. The van der Waals surface area contributed by atoms with Crippen molar-refractivity contribution in [2.75, 3.05) is 0 Å². The zero-order valence-electron chi connectivity index (χ0n) is 13.9. The Labute approximate surface area is 159 Å². The maximum Gasteiger partial charge on any atom is 0.277 e. The number of hydrogen-bond donors (Lipinski definition) is 2. The topological polar surface area (TPSA) is 74.6 Å². The molecule has 2 amide bonds. The van der Waals surface area contributed by atoms with Crippen LogP contribution in [-0.4, -0.2) is 28.4 Å². The van der Waals surface area contributed by atoms with Crippen molar-refractivity contribution in [3.05, 3.63) is 63.4 Å². The smallest absolute Gasteiger partial charge is 0.277 e. The largest absolute Gasteiger partial charge is 0.462 e. The van der Waals surface area contributed by atoms with Crippen LogP contribution in [0.1, 0.15) is 17.1 Å². The van der Waals surface area contributed by atoms with Gasteiger partial charge in [-0.2, -0.15) is 0 Å². The summed E-state index contributed by atoms with van der Waals surface area (Å²) in [6.07, 6.45) is 2.08. The number of aryl methyl sites for hydroxylation is 1. The van der Waals surface area contributed by atoms with Crippen molar-refractivity contribution in [1.82, 2.24) is 15.8 Å². The first-order chi connectivity index (χ1) is 12.5. The van der Waals surface area contributed by atoms with Crippen molar-refractivity contribution < 1.29 is 14.0 Å². The van der Waals surface area contributed by atoms with Gasteiger partial charge in [-0.1, -0.05) is 41.6 Å². The monoisotopic (exact) mass is 389 g/mol. The second kappa shape index (κ2) is 6.83. The van der Waals surface area contributed by atoms with Crippen LogP contribution in [0.25, 0.3) is 6.08 Å². The Balaban J connectivity index is 1.52. The lowest BCUT2D eigenvalue weighted by molar-refractivity contribution is -0.139. The zero-order chi connectivity index (χ0) is 18.3. The van der Waals surface area contributed by atoms with Gasteiger partial charge in [0.1, 0.15) is 17.6 Å². The lowest BCUT2D eigenvalue weighted by Crippen LogP contribution is -2.65. The van der Waals surface area contributed by atoms with E-state index in [0.717, 1.165) is 11.3 Å². The van der Waals surface area contributed by atoms with E-state index in [9.17, 15) is 9.59 Å². The second-order valence-corrected chi connectivity index (χ2v) is 7.62. The van der Waals surface area contributed by atoms with Crippen LogP contribution in [0.2, 0.25) is 5.02 Å². The van der Waals surface area contributed by atoms with E-state index >= 15 is 0 Å². The van der Waals surface area contributed by atoms with Gasteiger partial charge in [-0.25, -0.2) is 10.4 Å². The van der Waals surface area contributed by atoms with Crippen LogP contribution in [0, 0.1) is 6.92 Å². The molecule has 2 N–H and O–H groups in total. The first kappa shape index (κ1) is 17.2. The molecule has 0 aliphatic carbocycles. The Hall–Kier alpha value is -2.22. The fourth-order valence-electron chi connectivity index (χ4n) is 2.90. The van der Waals surface area contributed by atoms with E-state index in [-0.39, 0.29) is 11.8 Å². The summed E-state index contributed by atoms with van der Waals surface area (Å²) in [5, 5.41) is 4.92. The number of carbonyl (C=O) groups excluding carboxylic acids is 2. The number of carbonyl (C=O) groups is 2. The molecule has 0 spiro atoms. The average molecular weight is 390 g/mol. The third-order valence-corrected chi connectivity index (χ3v) is 5.66. The minimum absolute atomic E-state index is 0.165. The molecule has 8 heteroatoms. The third kappa shape index (κ3) is 3.25. The predicted octanol–water partition coefficient (Wildman–Crippen LogP) is 2.69.